The van der Waals surface area contributed by atoms with E-state index < -0.39 is 30.1 Å². The van der Waals surface area contributed by atoms with Crippen molar-refractivity contribution in [2.45, 2.75) is 12.6 Å². The summed E-state index contributed by atoms with van der Waals surface area (Å²) in [6.07, 6.45) is -1.92. The maximum absolute atomic E-state index is 12.5. The molecule has 0 saturated heterocycles. The van der Waals surface area contributed by atoms with Crippen LogP contribution in [0, 0.1) is 0 Å². The molecule has 0 fully saturated rings. The zero-order valence-corrected chi connectivity index (χ0v) is 14.4. The number of amides is 1. The number of alkyl halides is 3. The molecule has 5 nitrogen and oxygen atoms in total. The van der Waals surface area contributed by atoms with Crippen molar-refractivity contribution in [3.63, 3.8) is 0 Å². The minimum Gasteiger partial charge on any atom is -0.454 e. The SMILES string of the molecule is O=C1Cc2cc(C(=O)COC(=O)/C=C/c3ccc(C(F)(F)F)cc3)ccc2N1. The van der Waals surface area contributed by atoms with Gasteiger partial charge in [0.05, 0.1) is 12.0 Å². The Morgan fingerprint density at radius 2 is 1.82 bits per heavy atom. The highest BCUT2D eigenvalue weighted by Gasteiger charge is 2.29. The van der Waals surface area contributed by atoms with Crippen LogP contribution in [0.1, 0.15) is 27.0 Å². The van der Waals surface area contributed by atoms with Crippen LogP contribution < -0.4 is 5.32 Å². The molecule has 1 amide bonds. The van der Waals surface area contributed by atoms with Crippen molar-refractivity contribution in [2.24, 2.45) is 0 Å². The van der Waals surface area contributed by atoms with Crippen LogP contribution >= 0.6 is 0 Å². The third-order valence-corrected chi connectivity index (χ3v) is 4.05. The second-order valence-electron chi connectivity index (χ2n) is 6.08. The normalized spacial score (nSPS) is 13.3. The molecule has 0 radical (unpaired) electrons. The molecule has 0 saturated carbocycles. The third kappa shape index (κ3) is 4.64. The summed E-state index contributed by atoms with van der Waals surface area (Å²) in [7, 11) is 0. The Balaban J connectivity index is 1.54. The maximum Gasteiger partial charge on any atom is 0.416 e. The van der Waals surface area contributed by atoms with Gasteiger partial charge in [0, 0.05) is 17.3 Å². The number of fused-ring (bicyclic) bond motifs is 1. The van der Waals surface area contributed by atoms with Crippen molar-refractivity contribution in [3.05, 3.63) is 70.8 Å². The van der Waals surface area contributed by atoms with Crippen molar-refractivity contribution in [1.82, 2.24) is 0 Å². The van der Waals surface area contributed by atoms with Gasteiger partial charge in [-0.15, -0.1) is 0 Å². The molecule has 0 spiro atoms. The van der Waals surface area contributed by atoms with Gasteiger partial charge in [0.15, 0.2) is 12.4 Å². The second-order valence-corrected chi connectivity index (χ2v) is 6.08. The molecule has 2 aromatic carbocycles. The number of Topliss-reactive ketones (excluding diaryl/α,β-unsaturated/α-hetero) is 1. The number of esters is 1. The van der Waals surface area contributed by atoms with Gasteiger partial charge >= 0.3 is 12.1 Å². The van der Waals surface area contributed by atoms with E-state index in [1.54, 1.807) is 12.1 Å². The molecule has 0 bridgehead atoms. The van der Waals surface area contributed by atoms with Crippen LogP contribution in [0.2, 0.25) is 0 Å². The monoisotopic (exact) mass is 389 g/mol. The van der Waals surface area contributed by atoms with Crippen molar-refractivity contribution in [3.8, 4) is 0 Å². The summed E-state index contributed by atoms with van der Waals surface area (Å²) in [5, 5.41) is 2.65. The lowest BCUT2D eigenvalue weighted by molar-refractivity contribution is -0.138. The largest absolute Gasteiger partial charge is 0.454 e. The molecule has 1 N–H and O–H groups in total. The Hall–Kier alpha value is -3.42. The van der Waals surface area contributed by atoms with E-state index >= 15 is 0 Å². The number of halogens is 3. The quantitative estimate of drug-likeness (QED) is 0.482. The van der Waals surface area contributed by atoms with Crippen LogP contribution in [-0.4, -0.2) is 24.3 Å². The van der Waals surface area contributed by atoms with Crippen LogP contribution in [0.15, 0.2) is 48.5 Å². The molecule has 1 aliphatic heterocycles. The van der Waals surface area contributed by atoms with Gasteiger partial charge in [-0.3, -0.25) is 9.59 Å². The van der Waals surface area contributed by atoms with Gasteiger partial charge in [-0.05, 0) is 47.5 Å². The molecular weight excluding hydrogens is 375 g/mol. The summed E-state index contributed by atoms with van der Waals surface area (Å²) in [5.41, 5.74) is 1.26. The minimum atomic E-state index is -4.43. The number of ether oxygens (including phenoxy) is 1. The van der Waals surface area contributed by atoms with E-state index in [4.69, 9.17) is 4.74 Å². The molecule has 0 aliphatic carbocycles. The van der Waals surface area contributed by atoms with E-state index in [-0.39, 0.29) is 12.3 Å². The molecule has 0 unspecified atom stereocenters. The van der Waals surface area contributed by atoms with E-state index in [0.717, 1.165) is 18.2 Å². The molecular formula is C20H14F3NO4. The number of nitrogens with one attached hydrogen (secondary N) is 1. The lowest BCUT2D eigenvalue weighted by Gasteiger charge is -2.06. The Morgan fingerprint density at radius 3 is 2.50 bits per heavy atom. The molecule has 28 heavy (non-hydrogen) atoms. The molecule has 144 valence electrons. The average Bonchev–Trinajstić information content (AvgIpc) is 3.03. The molecule has 3 rings (SSSR count). The average molecular weight is 389 g/mol. The van der Waals surface area contributed by atoms with Gasteiger partial charge in [0.25, 0.3) is 0 Å². The van der Waals surface area contributed by atoms with Gasteiger partial charge in [-0.25, -0.2) is 4.79 Å². The smallest absolute Gasteiger partial charge is 0.416 e. The third-order valence-electron chi connectivity index (χ3n) is 4.05. The Bertz CT molecular complexity index is 962. The van der Waals surface area contributed by atoms with Crippen molar-refractivity contribution in [1.29, 1.82) is 0 Å². The number of benzene rings is 2. The minimum absolute atomic E-state index is 0.153. The number of anilines is 1. The van der Waals surface area contributed by atoms with E-state index in [0.29, 0.717) is 22.4 Å². The number of hydrogen-bond donors (Lipinski definition) is 1. The molecule has 2 aromatic rings. The molecule has 8 heteroatoms. The Morgan fingerprint density at radius 1 is 1.11 bits per heavy atom. The topological polar surface area (TPSA) is 72.5 Å². The van der Waals surface area contributed by atoms with Crippen LogP contribution in [0.5, 0.6) is 0 Å². The Labute approximate surface area is 157 Å². The highest BCUT2D eigenvalue weighted by molar-refractivity contribution is 6.03. The van der Waals surface area contributed by atoms with Crippen LogP contribution in [0.4, 0.5) is 18.9 Å². The second kappa shape index (κ2) is 7.67. The predicted octanol–water partition coefficient (Wildman–Crippen LogP) is 3.64. The first-order valence-corrected chi connectivity index (χ1v) is 8.20. The van der Waals surface area contributed by atoms with Crippen molar-refractivity contribution in [2.75, 3.05) is 11.9 Å². The van der Waals surface area contributed by atoms with Crippen LogP contribution in [0.3, 0.4) is 0 Å². The van der Waals surface area contributed by atoms with E-state index in [1.165, 1.54) is 24.3 Å². The van der Waals surface area contributed by atoms with Crippen molar-refractivity contribution >= 4 is 29.4 Å². The lowest BCUT2D eigenvalue weighted by atomic mass is 10.1. The first-order valence-electron chi connectivity index (χ1n) is 8.20. The Kier molecular flexibility index (Phi) is 5.30. The number of ketones is 1. The molecule has 1 heterocycles. The van der Waals surface area contributed by atoms with Gasteiger partial charge in [-0.1, -0.05) is 12.1 Å². The van der Waals surface area contributed by atoms with E-state index in [1.807, 2.05) is 0 Å². The summed E-state index contributed by atoms with van der Waals surface area (Å²) in [5.74, 6) is -1.39. The number of hydrogen-bond acceptors (Lipinski definition) is 4. The fourth-order valence-corrected chi connectivity index (χ4v) is 2.62. The van der Waals surface area contributed by atoms with Crippen LogP contribution in [-0.2, 0) is 26.9 Å². The predicted molar refractivity (Wildman–Crippen MR) is 94.5 cm³/mol. The molecule has 1 aliphatic rings. The van der Waals surface area contributed by atoms with Crippen molar-refractivity contribution < 1.29 is 32.3 Å². The first kappa shape index (κ1) is 19.3. The maximum atomic E-state index is 12.5. The van der Waals surface area contributed by atoms with Crippen LogP contribution in [0.25, 0.3) is 6.08 Å². The highest BCUT2D eigenvalue weighted by Crippen LogP contribution is 2.29. The highest BCUT2D eigenvalue weighted by atomic mass is 19.4. The zero-order chi connectivity index (χ0) is 20.3. The fraction of sp³-hybridized carbons (Fsp3) is 0.150. The van der Waals surface area contributed by atoms with Gasteiger partial charge in [0.1, 0.15) is 0 Å². The van der Waals surface area contributed by atoms with E-state index in [2.05, 4.69) is 5.32 Å². The molecule has 0 atom stereocenters. The summed E-state index contributed by atoms with van der Waals surface area (Å²) in [4.78, 5) is 35.2. The molecule has 0 aromatic heterocycles. The standard InChI is InChI=1S/C20H14F3NO4/c21-20(22,23)15-5-1-12(2-6-15)3-8-19(27)28-11-17(25)13-4-7-16-14(9-13)10-18(26)24-16/h1-9H,10-11H2,(H,24,26)/b8-3+. The number of carbonyl (C=O) groups excluding carboxylic acids is 3. The zero-order valence-electron chi connectivity index (χ0n) is 14.4. The fourth-order valence-electron chi connectivity index (χ4n) is 2.62. The van der Waals surface area contributed by atoms with Gasteiger partial charge < -0.3 is 10.1 Å². The summed E-state index contributed by atoms with van der Waals surface area (Å²) in [6.45, 7) is -0.490. The summed E-state index contributed by atoms with van der Waals surface area (Å²) in [6, 6.07) is 8.96. The number of carbonyl (C=O) groups is 3. The van der Waals surface area contributed by atoms with Gasteiger partial charge in [0.2, 0.25) is 5.91 Å². The van der Waals surface area contributed by atoms with E-state index in [9.17, 15) is 27.6 Å². The first-order chi connectivity index (χ1) is 13.2. The lowest BCUT2D eigenvalue weighted by Crippen LogP contribution is -2.12. The van der Waals surface area contributed by atoms with Gasteiger partial charge in [-0.2, -0.15) is 13.2 Å². The number of rotatable bonds is 5. The summed E-state index contributed by atoms with van der Waals surface area (Å²) < 4.78 is 42.4. The summed E-state index contributed by atoms with van der Waals surface area (Å²) >= 11 is 0.